The lowest BCUT2D eigenvalue weighted by Gasteiger charge is -2.22. The number of rotatable bonds is 10. The molecule has 0 saturated carbocycles. The fourth-order valence-electron chi connectivity index (χ4n) is 3.96. The van der Waals surface area contributed by atoms with E-state index in [-0.39, 0.29) is 7.94 Å². The van der Waals surface area contributed by atoms with Crippen LogP contribution in [0.15, 0.2) is 70.7 Å². The van der Waals surface area contributed by atoms with Crippen molar-refractivity contribution >= 4 is 25.8 Å². The lowest BCUT2D eigenvalue weighted by atomic mass is 10.0. The summed E-state index contributed by atoms with van der Waals surface area (Å²) in [5.41, 5.74) is -1.01. The molecule has 0 spiro atoms. The van der Waals surface area contributed by atoms with Crippen LogP contribution < -0.4 is 0 Å². The Kier molecular flexibility index (Phi) is 7.88. The highest BCUT2D eigenvalue weighted by Gasteiger charge is 2.55. The Morgan fingerprint density at radius 1 is 0.667 bits per heavy atom. The lowest BCUT2D eigenvalue weighted by Crippen LogP contribution is -2.46. The number of benzene rings is 2. The number of halogens is 6. The van der Waals surface area contributed by atoms with E-state index < -0.39 is 83.9 Å². The highest BCUT2D eigenvalue weighted by atomic mass is 32.2. The topological polar surface area (TPSA) is 121 Å². The van der Waals surface area contributed by atoms with Crippen molar-refractivity contribution in [2.45, 2.75) is 48.3 Å². The third kappa shape index (κ3) is 5.70. The quantitative estimate of drug-likeness (QED) is 0.241. The Morgan fingerprint density at radius 3 is 1.29 bits per heavy atom. The summed E-state index contributed by atoms with van der Waals surface area (Å²) in [6, 6.07) is 9.58. The molecule has 0 radical (unpaired) electrons. The molecule has 224 valence electrons. The average Bonchev–Trinajstić information content (AvgIpc) is 3.45. The van der Waals surface area contributed by atoms with Crippen LogP contribution in [0.4, 0.5) is 26.3 Å². The molecule has 0 aliphatic heterocycles. The second-order valence-electron chi connectivity index (χ2n) is 9.29. The van der Waals surface area contributed by atoms with Gasteiger partial charge in [-0.25, -0.2) is 26.8 Å². The van der Waals surface area contributed by atoms with Gasteiger partial charge in [0.2, 0.25) is 0 Å². The van der Waals surface area contributed by atoms with Crippen LogP contribution in [0.2, 0.25) is 0 Å². The second-order valence-corrected chi connectivity index (χ2v) is 12.9. The minimum atomic E-state index is -5.02. The predicted molar refractivity (Wildman–Crippen MR) is 134 cm³/mol. The molecule has 9 nitrogen and oxygen atoms in total. The Morgan fingerprint density at radius 2 is 0.976 bits per heavy atom. The SMILES string of the molecule is Cc1ccc(S(=O)(=O)n2c(CC(F)(F)C(=O)C(F)(F)Cc3cnc(F)n3S(=O)(=O)c3ccc(C)cc3)cnc2F)cc1. The molecular formula is C25H20F6N4O5S2. The van der Waals surface area contributed by atoms with Crippen molar-refractivity contribution in [3.63, 3.8) is 0 Å². The molecule has 0 unspecified atom stereocenters. The van der Waals surface area contributed by atoms with Gasteiger partial charge in [-0.3, -0.25) is 4.79 Å². The number of hydrogen-bond acceptors (Lipinski definition) is 7. The van der Waals surface area contributed by atoms with Gasteiger partial charge in [-0.2, -0.15) is 34.3 Å². The van der Waals surface area contributed by atoms with Crippen LogP contribution in [0, 0.1) is 26.0 Å². The van der Waals surface area contributed by atoms with Crippen molar-refractivity contribution in [2.75, 3.05) is 0 Å². The molecule has 0 bridgehead atoms. The predicted octanol–water partition coefficient (Wildman–Crippen LogP) is 4.07. The maximum atomic E-state index is 15.0. The lowest BCUT2D eigenvalue weighted by molar-refractivity contribution is -0.169. The number of carbonyl (C=O) groups is 1. The number of imidazole rings is 2. The van der Waals surface area contributed by atoms with Crippen molar-refractivity contribution in [3.8, 4) is 0 Å². The zero-order valence-electron chi connectivity index (χ0n) is 21.6. The Hall–Kier alpha value is -3.99. The minimum absolute atomic E-state index is 0.240. The van der Waals surface area contributed by atoms with Gasteiger partial charge in [0.25, 0.3) is 25.8 Å². The Labute approximate surface area is 235 Å². The average molecular weight is 635 g/mol. The van der Waals surface area contributed by atoms with Crippen LogP contribution >= 0.6 is 0 Å². The van der Waals surface area contributed by atoms with Crippen molar-refractivity contribution in [2.24, 2.45) is 0 Å². The number of aryl methyl sites for hydroxylation is 2. The molecule has 0 fully saturated rings. The van der Waals surface area contributed by atoms with E-state index in [0.29, 0.717) is 23.5 Å². The van der Waals surface area contributed by atoms with Crippen molar-refractivity contribution in [3.05, 3.63) is 95.6 Å². The van der Waals surface area contributed by atoms with Crippen LogP contribution in [0.3, 0.4) is 0 Å². The third-order valence-electron chi connectivity index (χ3n) is 6.09. The van der Waals surface area contributed by atoms with Crippen LogP contribution in [-0.2, 0) is 37.7 Å². The molecule has 0 aliphatic carbocycles. The highest BCUT2D eigenvalue weighted by molar-refractivity contribution is 7.90. The van der Waals surface area contributed by atoms with Gasteiger partial charge in [-0.05, 0) is 38.1 Å². The Balaban J connectivity index is 1.64. The van der Waals surface area contributed by atoms with Crippen LogP contribution in [0.5, 0.6) is 0 Å². The number of ketones is 1. The van der Waals surface area contributed by atoms with Crippen molar-refractivity contribution in [1.82, 2.24) is 17.9 Å². The maximum absolute atomic E-state index is 15.0. The number of alkyl halides is 4. The molecule has 4 aromatic rings. The first-order valence-corrected chi connectivity index (χ1v) is 14.7. The summed E-state index contributed by atoms with van der Waals surface area (Å²) in [4.78, 5) is 17.4. The summed E-state index contributed by atoms with van der Waals surface area (Å²) >= 11 is 0. The summed E-state index contributed by atoms with van der Waals surface area (Å²) in [6.07, 6.45) is -6.86. The van der Waals surface area contributed by atoms with E-state index >= 15 is 0 Å². The zero-order chi connectivity index (χ0) is 31.3. The number of hydrogen-bond donors (Lipinski definition) is 0. The zero-order valence-corrected chi connectivity index (χ0v) is 23.2. The molecule has 0 aliphatic rings. The highest BCUT2D eigenvalue weighted by Crippen LogP contribution is 2.34. The van der Waals surface area contributed by atoms with Gasteiger partial charge in [0.1, 0.15) is 0 Å². The van der Waals surface area contributed by atoms with E-state index in [9.17, 15) is 48.0 Å². The summed E-state index contributed by atoms with van der Waals surface area (Å²) in [5.74, 6) is -13.1. The first-order chi connectivity index (χ1) is 19.4. The van der Waals surface area contributed by atoms with Crippen molar-refractivity contribution < 1.29 is 48.0 Å². The van der Waals surface area contributed by atoms with E-state index in [2.05, 4.69) is 9.97 Å². The van der Waals surface area contributed by atoms with Gasteiger partial charge in [0, 0.05) is 0 Å². The van der Waals surface area contributed by atoms with Gasteiger partial charge >= 0.3 is 24.0 Å². The molecular weight excluding hydrogens is 614 g/mol. The first-order valence-electron chi connectivity index (χ1n) is 11.8. The maximum Gasteiger partial charge on any atom is 0.316 e. The third-order valence-corrected chi connectivity index (χ3v) is 9.55. The van der Waals surface area contributed by atoms with E-state index in [1.165, 1.54) is 24.3 Å². The molecule has 0 atom stereocenters. The number of nitrogens with zero attached hydrogens (tertiary/aromatic N) is 4. The van der Waals surface area contributed by atoms with Crippen LogP contribution in [0.1, 0.15) is 22.5 Å². The molecule has 2 aromatic heterocycles. The molecule has 2 heterocycles. The summed E-state index contributed by atoms with van der Waals surface area (Å²) in [7, 11) is -9.75. The number of carbonyl (C=O) groups excluding carboxylic acids is 1. The van der Waals surface area contributed by atoms with E-state index in [1.54, 1.807) is 13.8 Å². The van der Waals surface area contributed by atoms with Crippen molar-refractivity contribution in [1.29, 1.82) is 0 Å². The second kappa shape index (κ2) is 10.7. The molecule has 0 saturated heterocycles. The normalized spacial score (nSPS) is 13.0. The fraction of sp³-hybridized carbons (Fsp3) is 0.240. The van der Waals surface area contributed by atoms with Crippen LogP contribution in [-0.4, -0.2) is 52.4 Å². The number of aromatic nitrogens is 4. The van der Waals surface area contributed by atoms with Gasteiger partial charge in [-0.1, -0.05) is 35.4 Å². The molecule has 0 N–H and O–H groups in total. The first kappa shape index (κ1) is 31.0. The summed E-state index contributed by atoms with van der Waals surface area (Å²) in [6.45, 7) is 3.23. The Bertz CT molecular complexity index is 1730. The molecule has 17 heteroatoms. The monoisotopic (exact) mass is 634 g/mol. The molecule has 4 rings (SSSR count). The summed E-state index contributed by atoms with van der Waals surface area (Å²) in [5, 5.41) is 0. The molecule has 0 amide bonds. The van der Waals surface area contributed by atoms with E-state index in [1.807, 2.05) is 0 Å². The fourth-order valence-corrected chi connectivity index (χ4v) is 6.67. The molecule has 2 aromatic carbocycles. The van der Waals surface area contributed by atoms with E-state index in [4.69, 9.17) is 0 Å². The summed E-state index contributed by atoms with van der Waals surface area (Å²) < 4.78 is 140. The minimum Gasteiger partial charge on any atom is -0.286 e. The van der Waals surface area contributed by atoms with Gasteiger partial charge in [0.05, 0.1) is 46.4 Å². The van der Waals surface area contributed by atoms with E-state index in [0.717, 1.165) is 24.3 Å². The van der Waals surface area contributed by atoms with Gasteiger partial charge in [0.15, 0.2) is 0 Å². The largest absolute Gasteiger partial charge is 0.316 e. The van der Waals surface area contributed by atoms with Crippen LogP contribution in [0.25, 0.3) is 0 Å². The molecule has 42 heavy (non-hydrogen) atoms. The smallest absolute Gasteiger partial charge is 0.286 e. The standard InChI is InChI=1S/C25H20F6N4O5S2/c1-15-3-7-19(8-4-15)41(37,38)34-17(13-32-22(34)26)11-24(28,29)21(36)25(30,31)12-18-14-33-23(27)35(18)42(39,40)20-9-5-16(2)6-10-20/h3-10,13-14H,11-12H2,1-2H3. The number of Topliss-reactive ketones (excluding diaryl/α,β-unsaturated/α-hetero) is 1. The van der Waals surface area contributed by atoms with Gasteiger partial charge in [-0.15, -0.1) is 0 Å². The van der Waals surface area contributed by atoms with Gasteiger partial charge < -0.3 is 0 Å².